The molecule has 1 aliphatic carbocycles. The van der Waals surface area contributed by atoms with Crippen molar-refractivity contribution in [1.82, 2.24) is 0 Å². The van der Waals surface area contributed by atoms with Crippen molar-refractivity contribution in [2.45, 2.75) is 19.8 Å². The van der Waals surface area contributed by atoms with E-state index in [-0.39, 0.29) is 0 Å². The van der Waals surface area contributed by atoms with Gasteiger partial charge >= 0.3 is 0 Å². The molecule has 1 aliphatic rings. The molecule has 0 aromatic rings. The van der Waals surface area contributed by atoms with Crippen LogP contribution < -0.4 is 0 Å². The van der Waals surface area contributed by atoms with Crippen molar-refractivity contribution < 1.29 is 4.79 Å². The molecule has 0 aliphatic heterocycles. The fourth-order valence-corrected chi connectivity index (χ4v) is 1.12. The number of nitrogens with zero attached hydrogens (tertiary/aromatic N) is 1. The summed E-state index contributed by atoms with van der Waals surface area (Å²) in [5.74, 6) is 0.511. The lowest BCUT2D eigenvalue weighted by atomic mass is 10.1. The van der Waals surface area contributed by atoms with Crippen molar-refractivity contribution >= 4 is 6.08 Å². The summed E-state index contributed by atoms with van der Waals surface area (Å²) in [5.41, 5.74) is 0.741. The van der Waals surface area contributed by atoms with Crippen LogP contribution in [0.3, 0.4) is 0 Å². The van der Waals surface area contributed by atoms with Gasteiger partial charge in [-0.1, -0.05) is 19.1 Å². The largest absolute Gasteiger partial charge is 0.240 e. The summed E-state index contributed by atoms with van der Waals surface area (Å²) in [6.45, 7) is 2.12. The molecule has 58 valence electrons. The molecule has 0 amide bonds. The summed E-state index contributed by atoms with van der Waals surface area (Å²) >= 11 is 0. The Kier molecular flexibility index (Phi) is 2.82. The summed E-state index contributed by atoms with van der Waals surface area (Å²) in [6, 6.07) is 0. The lowest BCUT2D eigenvalue weighted by molar-refractivity contribution is 0.564. The van der Waals surface area contributed by atoms with E-state index in [4.69, 9.17) is 0 Å². The van der Waals surface area contributed by atoms with E-state index in [2.05, 4.69) is 11.9 Å². The van der Waals surface area contributed by atoms with Gasteiger partial charge in [0.1, 0.15) is 0 Å². The molecular formula is C9H11NO. The first-order valence-corrected chi connectivity index (χ1v) is 3.79. The highest BCUT2D eigenvalue weighted by molar-refractivity contribution is 5.39. The first-order chi connectivity index (χ1) is 5.33. The van der Waals surface area contributed by atoms with E-state index in [1.165, 1.54) is 0 Å². The fourth-order valence-electron chi connectivity index (χ4n) is 1.12. The number of hydrogen-bond acceptors (Lipinski definition) is 2. The number of isocyanates is 1. The molecule has 0 spiro atoms. The quantitative estimate of drug-likeness (QED) is 0.415. The number of allylic oxidation sites excluding steroid dienone is 3. The second kappa shape index (κ2) is 3.89. The minimum Gasteiger partial charge on any atom is -0.211 e. The normalized spacial score (nSPS) is 23.4. The van der Waals surface area contributed by atoms with Gasteiger partial charge in [0.2, 0.25) is 6.08 Å². The van der Waals surface area contributed by atoms with E-state index >= 15 is 0 Å². The molecule has 0 aromatic carbocycles. The highest BCUT2D eigenvalue weighted by Gasteiger charge is 2.01. The van der Waals surface area contributed by atoms with E-state index in [1.807, 2.05) is 18.2 Å². The zero-order valence-electron chi connectivity index (χ0n) is 6.58. The predicted octanol–water partition coefficient (Wildman–Crippen LogP) is 2.19. The maximum Gasteiger partial charge on any atom is 0.240 e. The van der Waals surface area contributed by atoms with Crippen molar-refractivity contribution in [2.24, 2.45) is 10.9 Å². The van der Waals surface area contributed by atoms with Crippen LogP contribution in [0.1, 0.15) is 19.8 Å². The van der Waals surface area contributed by atoms with Gasteiger partial charge in [-0.3, -0.25) is 0 Å². The first-order valence-electron chi connectivity index (χ1n) is 3.79. The lowest BCUT2D eigenvalue weighted by Crippen LogP contribution is -1.86. The van der Waals surface area contributed by atoms with Gasteiger partial charge in [-0.25, -0.2) is 4.79 Å². The van der Waals surface area contributed by atoms with Gasteiger partial charge in [0.15, 0.2) is 0 Å². The second-order valence-electron chi connectivity index (χ2n) is 2.75. The molecule has 2 heteroatoms. The molecule has 0 fully saturated rings. The lowest BCUT2D eigenvalue weighted by Gasteiger charge is -1.99. The Balaban J connectivity index is 2.79. The van der Waals surface area contributed by atoms with Crippen LogP contribution in [-0.4, -0.2) is 6.08 Å². The van der Waals surface area contributed by atoms with Crippen LogP contribution in [0.5, 0.6) is 0 Å². The van der Waals surface area contributed by atoms with Crippen molar-refractivity contribution in [3.05, 3.63) is 23.9 Å². The molecule has 1 unspecified atom stereocenters. The third-order valence-electron chi connectivity index (χ3n) is 1.71. The molecule has 11 heavy (non-hydrogen) atoms. The van der Waals surface area contributed by atoms with Crippen molar-refractivity contribution in [3.8, 4) is 0 Å². The van der Waals surface area contributed by atoms with Crippen LogP contribution in [-0.2, 0) is 4.79 Å². The average Bonchev–Trinajstić information content (AvgIpc) is 2.15. The predicted molar refractivity (Wildman–Crippen MR) is 43.7 cm³/mol. The number of hydrogen-bond donors (Lipinski definition) is 0. The van der Waals surface area contributed by atoms with E-state index in [1.54, 1.807) is 6.08 Å². The Morgan fingerprint density at radius 3 is 3.27 bits per heavy atom. The van der Waals surface area contributed by atoms with Crippen molar-refractivity contribution in [1.29, 1.82) is 0 Å². The fraction of sp³-hybridized carbons (Fsp3) is 0.444. The summed E-state index contributed by atoms with van der Waals surface area (Å²) in [5, 5.41) is 0. The number of aliphatic imine (C=N–C) groups is 1. The number of rotatable bonds is 1. The van der Waals surface area contributed by atoms with E-state index in [0.717, 1.165) is 18.5 Å². The molecule has 0 saturated carbocycles. The Morgan fingerprint density at radius 1 is 1.73 bits per heavy atom. The van der Waals surface area contributed by atoms with E-state index < -0.39 is 0 Å². The highest BCUT2D eigenvalue weighted by atomic mass is 16.1. The molecule has 0 bridgehead atoms. The Morgan fingerprint density at radius 2 is 2.55 bits per heavy atom. The zero-order valence-corrected chi connectivity index (χ0v) is 6.58. The summed E-state index contributed by atoms with van der Waals surface area (Å²) in [4.78, 5) is 13.5. The monoisotopic (exact) mass is 149 g/mol. The average molecular weight is 149 g/mol. The highest BCUT2D eigenvalue weighted by Crippen LogP contribution is 2.16. The third kappa shape index (κ3) is 2.52. The summed E-state index contributed by atoms with van der Waals surface area (Å²) in [6.07, 6.45) is 9.64. The Hall–Kier alpha value is -1.14. The van der Waals surface area contributed by atoms with Gasteiger partial charge in [-0.05, 0) is 24.8 Å². The minimum absolute atomic E-state index is 0.511. The molecule has 0 aromatic heterocycles. The van der Waals surface area contributed by atoms with Gasteiger partial charge in [-0.2, -0.15) is 4.99 Å². The summed E-state index contributed by atoms with van der Waals surface area (Å²) < 4.78 is 0. The smallest absolute Gasteiger partial charge is 0.211 e. The third-order valence-corrected chi connectivity index (χ3v) is 1.71. The summed E-state index contributed by atoms with van der Waals surface area (Å²) in [7, 11) is 0. The number of carbonyl (C=O) groups excluding carboxylic acids is 1. The molecule has 0 saturated heterocycles. The molecule has 1 rings (SSSR count). The standard InChI is InChI=1S/C9H11NO/c1-8-4-2-3-5-9(6-8)10-7-11/h3,5-6,8H,2,4H2,1H3. The van der Waals surface area contributed by atoms with Crippen LogP contribution >= 0.6 is 0 Å². The zero-order chi connectivity index (χ0) is 8.10. The Labute approximate surface area is 66.3 Å². The Bertz CT molecular complexity index is 234. The topological polar surface area (TPSA) is 29.4 Å². The molecule has 2 nitrogen and oxygen atoms in total. The van der Waals surface area contributed by atoms with Crippen molar-refractivity contribution in [3.63, 3.8) is 0 Å². The van der Waals surface area contributed by atoms with Crippen molar-refractivity contribution in [2.75, 3.05) is 0 Å². The van der Waals surface area contributed by atoms with Gasteiger partial charge in [-0.15, -0.1) is 0 Å². The molecule has 0 N–H and O–H groups in total. The van der Waals surface area contributed by atoms with Crippen LogP contribution in [0.15, 0.2) is 28.9 Å². The van der Waals surface area contributed by atoms with Crippen LogP contribution in [0.2, 0.25) is 0 Å². The minimum atomic E-state index is 0.511. The SMILES string of the molecule is CC1C=C(N=C=O)C=CCC1. The van der Waals surface area contributed by atoms with Gasteiger partial charge in [0.25, 0.3) is 0 Å². The second-order valence-corrected chi connectivity index (χ2v) is 2.75. The van der Waals surface area contributed by atoms with Gasteiger partial charge < -0.3 is 0 Å². The van der Waals surface area contributed by atoms with Crippen LogP contribution in [0.4, 0.5) is 0 Å². The van der Waals surface area contributed by atoms with Crippen LogP contribution in [0, 0.1) is 5.92 Å². The maximum absolute atomic E-state index is 9.93. The van der Waals surface area contributed by atoms with Crippen LogP contribution in [0.25, 0.3) is 0 Å². The first kappa shape index (κ1) is 7.96. The molecular weight excluding hydrogens is 138 g/mol. The van der Waals surface area contributed by atoms with Gasteiger partial charge in [0.05, 0.1) is 5.70 Å². The molecule has 1 atom stereocenters. The molecule has 0 heterocycles. The molecule has 0 radical (unpaired) electrons. The van der Waals surface area contributed by atoms with E-state index in [0.29, 0.717) is 5.92 Å². The van der Waals surface area contributed by atoms with E-state index in [9.17, 15) is 4.79 Å². The maximum atomic E-state index is 9.93. The van der Waals surface area contributed by atoms with Gasteiger partial charge in [0, 0.05) is 0 Å².